The van der Waals surface area contributed by atoms with Crippen molar-refractivity contribution in [3.05, 3.63) is 29.8 Å². The number of hydrogen-bond acceptors (Lipinski definition) is 7. The van der Waals surface area contributed by atoms with Gasteiger partial charge in [0.25, 0.3) is 0 Å². The van der Waals surface area contributed by atoms with Gasteiger partial charge in [-0.05, 0) is 49.8 Å². The maximum Gasteiger partial charge on any atom is 0.326 e. The summed E-state index contributed by atoms with van der Waals surface area (Å²) in [5, 5.41) is 33.9. The van der Waals surface area contributed by atoms with Crippen LogP contribution in [0, 0.1) is 5.92 Å². The largest absolute Gasteiger partial charge is 0.508 e. The van der Waals surface area contributed by atoms with Crippen LogP contribution in [0.5, 0.6) is 5.75 Å². The van der Waals surface area contributed by atoms with Gasteiger partial charge in [0.2, 0.25) is 17.7 Å². The molecule has 1 heterocycles. The molecule has 0 spiro atoms. The molecule has 3 amide bonds. The van der Waals surface area contributed by atoms with Gasteiger partial charge in [-0.1, -0.05) is 26.0 Å². The predicted octanol–water partition coefficient (Wildman–Crippen LogP) is -0.266. The summed E-state index contributed by atoms with van der Waals surface area (Å²) in [4.78, 5) is 51.9. The van der Waals surface area contributed by atoms with E-state index in [1.54, 1.807) is 12.1 Å². The van der Waals surface area contributed by atoms with Gasteiger partial charge in [0.05, 0.1) is 6.10 Å². The molecule has 0 aromatic heterocycles. The highest BCUT2D eigenvalue weighted by Crippen LogP contribution is 2.20. The van der Waals surface area contributed by atoms with Gasteiger partial charge < -0.3 is 36.6 Å². The Kier molecular flexibility index (Phi) is 10.0. The van der Waals surface area contributed by atoms with E-state index in [0.717, 1.165) is 0 Å². The zero-order chi connectivity index (χ0) is 26.3. The molecule has 1 saturated heterocycles. The number of benzene rings is 1. The van der Waals surface area contributed by atoms with E-state index in [4.69, 9.17) is 5.73 Å². The Balaban J connectivity index is 2.28. The number of aliphatic carboxylic acids is 1. The molecule has 194 valence electrons. The number of carboxylic acids is 1. The van der Waals surface area contributed by atoms with E-state index in [0.29, 0.717) is 18.4 Å². The molecule has 1 aliphatic rings. The number of hydrogen-bond donors (Lipinski definition) is 6. The first-order valence-corrected chi connectivity index (χ1v) is 11.8. The van der Waals surface area contributed by atoms with Gasteiger partial charge in [-0.3, -0.25) is 14.4 Å². The van der Waals surface area contributed by atoms with Gasteiger partial charge in [0.15, 0.2) is 0 Å². The molecule has 1 aromatic carbocycles. The molecule has 0 bridgehead atoms. The van der Waals surface area contributed by atoms with E-state index >= 15 is 0 Å². The predicted molar refractivity (Wildman–Crippen MR) is 127 cm³/mol. The number of carbonyl (C=O) groups excluding carboxylic acids is 3. The zero-order valence-electron chi connectivity index (χ0n) is 20.3. The number of rotatable bonds is 11. The molecule has 0 aliphatic carbocycles. The van der Waals surface area contributed by atoms with Crippen molar-refractivity contribution in [2.45, 2.75) is 76.7 Å². The van der Waals surface area contributed by atoms with Gasteiger partial charge in [-0.2, -0.15) is 0 Å². The summed E-state index contributed by atoms with van der Waals surface area (Å²) in [5.74, 6) is -2.91. The maximum atomic E-state index is 13.4. The second-order valence-electron chi connectivity index (χ2n) is 9.42. The summed E-state index contributed by atoms with van der Waals surface area (Å²) in [6.07, 6.45) is 0.0510. The van der Waals surface area contributed by atoms with Crippen LogP contribution in [0.1, 0.15) is 45.6 Å². The first-order valence-electron chi connectivity index (χ1n) is 11.8. The highest BCUT2D eigenvalue weighted by molar-refractivity contribution is 5.94. The van der Waals surface area contributed by atoms with Gasteiger partial charge in [-0.25, -0.2) is 4.79 Å². The Hall–Kier alpha value is -3.18. The number of nitrogens with zero attached hydrogens (tertiary/aromatic N) is 1. The van der Waals surface area contributed by atoms with E-state index < -0.39 is 54.0 Å². The van der Waals surface area contributed by atoms with Crippen molar-refractivity contribution in [2.24, 2.45) is 11.7 Å². The van der Waals surface area contributed by atoms with Crippen LogP contribution in [0.2, 0.25) is 0 Å². The topological polar surface area (TPSA) is 182 Å². The van der Waals surface area contributed by atoms with Crippen molar-refractivity contribution in [1.29, 1.82) is 0 Å². The third-order valence-electron chi connectivity index (χ3n) is 5.97. The first kappa shape index (κ1) is 28.1. The van der Waals surface area contributed by atoms with E-state index in [1.807, 2.05) is 13.8 Å². The van der Waals surface area contributed by atoms with Gasteiger partial charge in [0.1, 0.15) is 29.9 Å². The second-order valence-corrected chi connectivity index (χ2v) is 9.42. The smallest absolute Gasteiger partial charge is 0.326 e. The fraction of sp³-hybridized carbons (Fsp3) is 0.583. The van der Waals surface area contributed by atoms with Crippen LogP contribution in [0.4, 0.5) is 0 Å². The van der Waals surface area contributed by atoms with Crippen LogP contribution in [0.25, 0.3) is 0 Å². The average Bonchev–Trinajstić information content (AvgIpc) is 3.28. The lowest BCUT2D eigenvalue weighted by atomic mass is 10.00. The summed E-state index contributed by atoms with van der Waals surface area (Å²) >= 11 is 0. The Morgan fingerprint density at radius 2 is 1.66 bits per heavy atom. The molecule has 11 nitrogen and oxygen atoms in total. The molecule has 1 fully saturated rings. The van der Waals surface area contributed by atoms with Crippen LogP contribution in [-0.4, -0.2) is 80.7 Å². The van der Waals surface area contributed by atoms with Crippen LogP contribution in [0.15, 0.2) is 24.3 Å². The molecule has 35 heavy (non-hydrogen) atoms. The van der Waals surface area contributed by atoms with Crippen LogP contribution < -0.4 is 16.4 Å². The Morgan fingerprint density at radius 3 is 2.20 bits per heavy atom. The van der Waals surface area contributed by atoms with E-state index in [1.165, 1.54) is 24.0 Å². The Morgan fingerprint density at radius 1 is 1.06 bits per heavy atom. The van der Waals surface area contributed by atoms with Crippen molar-refractivity contribution in [3.8, 4) is 5.75 Å². The highest BCUT2D eigenvalue weighted by atomic mass is 16.4. The minimum absolute atomic E-state index is 0.00930. The number of aliphatic hydroxyl groups is 1. The fourth-order valence-corrected chi connectivity index (χ4v) is 4.02. The third kappa shape index (κ3) is 7.93. The van der Waals surface area contributed by atoms with E-state index in [2.05, 4.69) is 10.6 Å². The van der Waals surface area contributed by atoms with E-state index in [-0.39, 0.29) is 31.1 Å². The number of phenols is 1. The molecule has 2 rings (SSSR count). The quantitative estimate of drug-likeness (QED) is 0.244. The number of nitrogens with one attached hydrogen (secondary N) is 2. The van der Waals surface area contributed by atoms with Crippen LogP contribution in [-0.2, 0) is 25.6 Å². The lowest BCUT2D eigenvalue weighted by Crippen LogP contribution is -2.58. The second kappa shape index (κ2) is 12.5. The first-order chi connectivity index (χ1) is 16.4. The number of likely N-dealkylation sites (tertiary alicyclic amines) is 1. The monoisotopic (exact) mass is 492 g/mol. The number of phenolic OH excluding ortho intramolecular Hbond substituents is 1. The lowest BCUT2D eigenvalue weighted by molar-refractivity contribution is -0.149. The Bertz CT molecular complexity index is 904. The third-order valence-corrected chi connectivity index (χ3v) is 5.97. The molecule has 5 atom stereocenters. The van der Waals surface area contributed by atoms with Gasteiger partial charge in [-0.15, -0.1) is 0 Å². The Labute approximate surface area is 204 Å². The number of carbonyl (C=O) groups is 4. The van der Waals surface area contributed by atoms with Crippen LogP contribution in [0.3, 0.4) is 0 Å². The van der Waals surface area contributed by atoms with Crippen molar-refractivity contribution in [3.63, 3.8) is 0 Å². The summed E-state index contributed by atoms with van der Waals surface area (Å²) < 4.78 is 0. The molecule has 1 aliphatic heterocycles. The molecular weight excluding hydrogens is 456 g/mol. The molecular formula is C24H36N4O7. The number of carboxylic acid groups (broad SMARTS) is 1. The molecule has 0 saturated carbocycles. The molecule has 0 radical (unpaired) electrons. The lowest BCUT2D eigenvalue weighted by Gasteiger charge is -2.29. The standard InChI is InChI=1S/C24H36N4O7/c1-13(2)11-17(26-22(32)20(25)14(3)29)21(31)27-18(12-15-6-8-16(30)9-7-15)23(33)28-10-4-5-19(28)24(34)35/h6-9,13-14,17-20,29-30H,4-5,10-12,25H2,1-3H3,(H,26,32)(H,27,31)(H,34,35). The molecule has 5 unspecified atom stereocenters. The van der Waals surface area contributed by atoms with Gasteiger partial charge >= 0.3 is 5.97 Å². The average molecular weight is 493 g/mol. The SMILES string of the molecule is CC(C)CC(NC(=O)C(N)C(C)O)C(=O)NC(Cc1ccc(O)cc1)C(=O)N1CCCC1C(=O)O. The van der Waals surface area contributed by atoms with Crippen LogP contribution >= 0.6 is 0 Å². The maximum absolute atomic E-state index is 13.4. The molecule has 7 N–H and O–H groups in total. The van der Waals surface area contributed by atoms with Crippen molar-refractivity contribution >= 4 is 23.7 Å². The van der Waals surface area contributed by atoms with Gasteiger partial charge in [0, 0.05) is 13.0 Å². The van der Waals surface area contributed by atoms with Crippen molar-refractivity contribution in [2.75, 3.05) is 6.54 Å². The van der Waals surface area contributed by atoms with E-state index in [9.17, 15) is 34.5 Å². The van der Waals surface area contributed by atoms with Crippen molar-refractivity contribution in [1.82, 2.24) is 15.5 Å². The number of amides is 3. The summed E-state index contributed by atoms with van der Waals surface area (Å²) in [6, 6.07) is 1.80. The normalized spacial score (nSPS) is 19.0. The number of nitrogens with two attached hydrogens (primary N) is 1. The summed E-state index contributed by atoms with van der Waals surface area (Å²) in [7, 11) is 0. The fourth-order valence-electron chi connectivity index (χ4n) is 4.02. The number of aromatic hydroxyl groups is 1. The molecule has 1 aromatic rings. The zero-order valence-corrected chi connectivity index (χ0v) is 20.3. The minimum Gasteiger partial charge on any atom is -0.508 e. The van der Waals surface area contributed by atoms with Crippen molar-refractivity contribution < 1.29 is 34.5 Å². The molecule has 11 heteroatoms. The minimum atomic E-state index is -1.23. The summed E-state index contributed by atoms with van der Waals surface area (Å²) in [5.41, 5.74) is 6.35. The summed E-state index contributed by atoms with van der Waals surface area (Å²) in [6.45, 7) is 5.35. The highest BCUT2D eigenvalue weighted by Gasteiger charge is 2.38. The number of aliphatic hydroxyl groups excluding tert-OH is 1.